The van der Waals surface area contributed by atoms with Crippen LogP contribution in [0.5, 0.6) is 0 Å². The standard InChI is InChI=1S/C25H29N3O3/c29-24(15-14-20-9-3-1-4-10-20)28-17-8-7-13-22(28)25-26-23(27-31-25)16-18-30-19-21-11-5-2-6-12-21/h1-6,9-12,22H,7-8,13-19H2. The SMILES string of the molecule is O=C(CCc1ccccc1)N1CCCCC1c1nc(CCOCc2ccccc2)no1. The first-order valence-electron chi connectivity index (χ1n) is 11.1. The summed E-state index contributed by atoms with van der Waals surface area (Å²) in [5.41, 5.74) is 2.32. The maximum Gasteiger partial charge on any atom is 0.249 e. The van der Waals surface area contributed by atoms with Crippen LogP contribution in [0.25, 0.3) is 0 Å². The predicted octanol–water partition coefficient (Wildman–Crippen LogP) is 4.52. The molecule has 1 saturated heterocycles. The van der Waals surface area contributed by atoms with E-state index in [1.54, 1.807) is 0 Å². The molecule has 162 valence electrons. The number of aromatic nitrogens is 2. The van der Waals surface area contributed by atoms with Crippen LogP contribution in [-0.2, 0) is 29.0 Å². The van der Waals surface area contributed by atoms with Gasteiger partial charge in [0.2, 0.25) is 11.8 Å². The lowest BCUT2D eigenvalue weighted by atomic mass is 10.0. The van der Waals surface area contributed by atoms with E-state index in [0.29, 0.717) is 37.8 Å². The second-order valence-electron chi connectivity index (χ2n) is 7.92. The van der Waals surface area contributed by atoms with Gasteiger partial charge in [0, 0.05) is 19.4 Å². The molecule has 1 unspecified atom stereocenters. The maximum absolute atomic E-state index is 12.9. The van der Waals surface area contributed by atoms with Gasteiger partial charge in [-0.05, 0) is 36.8 Å². The van der Waals surface area contributed by atoms with Gasteiger partial charge in [0.1, 0.15) is 6.04 Å². The predicted molar refractivity (Wildman–Crippen MR) is 117 cm³/mol. The third-order valence-corrected chi connectivity index (χ3v) is 5.64. The van der Waals surface area contributed by atoms with Crippen LogP contribution in [0.2, 0.25) is 0 Å². The van der Waals surface area contributed by atoms with E-state index in [4.69, 9.17) is 9.26 Å². The van der Waals surface area contributed by atoms with Crippen molar-refractivity contribution in [1.29, 1.82) is 0 Å². The molecule has 0 radical (unpaired) electrons. The average molecular weight is 420 g/mol. The zero-order valence-electron chi connectivity index (χ0n) is 17.8. The summed E-state index contributed by atoms with van der Waals surface area (Å²) >= 11 is 0. The van der Waals surface area contributed by atoms with E-state index < -0.39 is 0 Å². The Morgan fingerprint density at radius 1 is 1.00 bits per heavy atom. The maximum atomic E-state index is 12.9. The van der Waals surface area contributed by atoms with Gasteiger partial charge in [0.05, 0.1) is 13.2 Å². The molecule has 4 rings (SSSR count). The number of amides is 1. The quantitative estimate of drug-likeness (QED) is 0.477. The summed E-state index contributed by atoms with van der Waals surface area (Å²) in [7, 11) is 0. The highest BCUT2D eigenvalue weighted by atomic mass is 16.5. The van der Waals surface area contributed by atoms with Crippen molar-refractivity contribution in [1.82, 2.24) is 15.0 Å². The molecular formula is C25H29N3O3. The van der Waals surface area contributed by atoms with Gasteiger partial charge in [-0.3, -0.25) is 4.79 Å². The Kier molecular flexibility index (Phi) is 7.45. The second-order valence-corrected chi connectivity index (χ2v) is 7.92. The number of carbonyl (C=O) groups excluding carboxylic acids is 1. The Morgan fingerprint density at radius 3 is 2.52 bits per heavy atom. The van der Waals surface area contributed by atoms with Crippen LogP contribution in [0.4, 0.5) is 0 Å². The van der Waals surface area contributed by atoms with Crippen molar-refractivity contribution < 1.29 is 14.1 Å². The minimum absolute atomic E-state index is 0.122. The molecule has 0 spiro atoms. The van der Waals surface area contributed by atoms with Gasteiger partial charge in [-0.1, -0.05) is 65.8 Å². The van der Waals surface area contributed by atoms with Crippen molar-refractivity contribution in [3.63, 3.8) is 0 Å². The van der Waals surface area contributed by atoms with E-state index in [0.717, 1.165) is 37.8 Å². The van der Waals surface area contributed by atoms with Crippen LogP contribution in [0.3, 0.4) is 0 Å². The molecule has 3 aromatic rings. The summed E-state index contributed by atoms with van der Waals surface area (Å²) in [4.78, 5) is 19.4. The number of hydrogen-bond donors (Lipinski definition) is 0. The first-order valence-corrected chi connectivity index (χ1v) is 11.1. The fraction of sp³-hybridized carbons (Fsp3) is 0.400. The van der Waals surface area contributed by atoms with E-state index in [1.165, 1.54) is 5.56 Å². The van der Waals surface area contributed by atoms with E-state index in [-0.39, 0.29) is 11.9 Å². The molecule has 0 bridgehead atoms. The Morgan fingerprint density at radius 2 is 1.74 bits per heavy atom. The largest absolute Gasteiger partial charge is 0.376 e. The molecule has 0 aliphatic carbocycles. The number of ether oxygens (including phenoxy) is 1. The van der Waals surface area contributed by atoms with E-state index in [9.17, 15) is 4.79 Å². The molecule has 31 heavy (non-hydrogen) atoms. The highest BCUT2D eigenvalue weighted by Gasteiger charge is 2.31. The number of carbonyl (C=O) groups is 1. The zero-order chi connectivity index (χ0) is 21.3. The van der Waals surface area contributed by atoms with Crippen LogP contribution in [-0.4, -0.2) is 34.1 Å². The Labute approximate surface area is 183 Å². The molecule has 2 heterocycles. The Balaban J connectivity index is 1.29. The van der Waals surface area contributed by atoms with Crippen LogP contribution in [0.15, 0.2) is 65.2 Å². The van der Waals surface area contributed by atoms with Crippen molar-refractivity contribution >= 4 is 5.91 Å². The fourth-order valence-corrected chi connectivity index (χ4v) is 3.96. The van der Waals surface area contributed by atoms with Gasteiger partial charge in [0.15, 0.2) is 5.82 Å². The minimum atomic E-state index is -0.122. The number of nitrogens with zero attached hydrogens (tertiary/aromatic N) is 3. The smallest absolute Gasteiger partial charge is 0.249 e. The molecule has 1 aliphatic rings. The molecule has 6 heteroatoms. The second kappa shape index (κ2) is 10.9. The molecule has 1 fully saturated rings. The molecule has 1 aromatic heterocycles. The van der Waals surface area contributed by atoms with Gasteiger partial charge in [-0.2, -0.15) is 4.98 Å². The summed E-state index contributed by atoms with van der Waals surface area (Å²) in [5.74, 6) is 1.33. The van der Waals surface area contributed by atoms with Crippen LogP contribution < -0.4 is 0 Å². The monoisotopic (exact) mass is 419 g/mol. The van der Waals surface area contributed by atoms with Crippen molar-refractivity contribution in [3.8, 4) is 0 Å². The Bertz CT molecular complexity index is 943. The lowest BCUT2D eigenvalue weighted by Crippen LogP contribution is -2.38. The third kappa shape index (κ3) is 6.01. The molecule has 0 N–H and O–H groups in total. The van der Waals surface area contributed by atoms with E-state index in [1.807, 2.05) is 53.4 Å². The fourth-order valence-electron chi connectivity index (χ4n) is 3.96. The van der Waals surface area contributed by atoms with Crippen molar-refractivity contribution in [2.24, 2.45) is 0 Å². The number of likely N-dealkylation sites (tertiary alicyclic amines) is 1. The summed E-state index contributed by atoms with van der Waals surface area (Å²) < 4.78 is 11.3. The van der Waals surface area contributed by atoms with Gasteiger partial charge >= 0.3 is 0 Å². The van der Waals surface area contributed by atoms with Crippen LogP contribution in [0.1, 0.15) is 54.6 Å². The lowest BCUT2D eigenvalue weighted by molar-refractivity contribution is -0.135. The third-order valence-electron chi connectivity index (χ3n) is 5.64. The number of aryl methyl sites for hydroxylation is 1. The summed E-state index contributed by atoms with van der Waals surface area (Å²) in [6, 6.07) is 20.1. The van der Waals surface area contributed by atoms with Gasteiger partial charge in [0.25, 0.3) is 0 Å². The van der Waals surface area contributed by atoms with Crippen molar-refractivity contribution in [2.75, 3.05) is 13.2 Å². The molecule has 0 saturated carbocycles. The normalized spacial score (nSPS) is 16.4. The topological polar surface area (TPSA) is 68.5 Å². The van der Waals surface area contributed by atoms with Gasteiger partial charge < -0.3 is 14.2 Å². The highest BCUT2D eigenvalue weighted by molar-refractivity contribution is 5.77. The molecule has 1 atom stereocenters. The Hall–Kier alpha value is -2.99. The van der Waals surface area contributed by atoms with Gasteiger partial charge in [-0.15, -0.1) is 0 Å². The van der Waals surface area contributed by atoms with Gasteiger partial charge in [-0.25, -0.2) is 0 Å². The van der Waals surface area contributed by atoms with Crippen molar-refractivity contribution in [2.45, 2.75) is 51.2 Å². The number of hydrogen-bond acceptors (Lipinski definition) is 5. The highest BCUT2D eigenvalue weighted by Crippen LogP contribution is 2.30. The van der Waals surface area contributed by atoms with Crippen LogP contribution >= 0.6 is 0 Å². The van der Waals surface area contributed by atoms with E-state index in [2.05, 4.69) is 22.3 Å². The number of piperidine rings is 1. The van der Waals surface area contributed by atoms with Crippen molar-refractivity contribution in [3.05, 3.63) is 83.5 Å². The molecular weight excluding hydrogens is 390 g/mol. The first-order chi connectivity index (χ1) is 15.3. The molecule has 1 amide bonds. The van der Waals surface area contributed by atoms with Crippen LogP contribution in [0, 0.1) is 0 Å². The number of rotatable bonds is 9. The summed E-state index contributed by atoms with van der Waals surface area (Å²) in [5, 5.41) is 4.12. The van der Waals surface area contributed by atoms with E-state index >= 15 is 0 Å². The summed E-state index contributed by atoms with van der Waals surface area (Å²) in [6.07, 6.45) is 4.77. The zero-order valence-corrected chi connectivity index (χ0v) is 17.8. The summed E-state index contributed by atoms with van der Waals surface area (Å²) in [6.45, 7) is 1.84. The molecule has 2 aromatic carbocycles. The lowest BCUT2D eigenvalue weighted by Gasteiger charge is -2.33. The average Bonchev–Trinajstić information content (AvgIpc) is 3.30. The number of benzene rings is 2. The minimum Gasteiger partial charge on any atom is -0.376 e. The molecule has 6 nitrogen and oxygen atoms in total. The molecule has 1 aliphatic heterocycles. The first kappa shape index (κ1) is 21.2.